The molecule has 3 rings (SSSR count). The summed E-state index contributed by atoms with van der Waals surface area (Å²) in [5, 5.41) is 0. The third kappa shape index (κ3) is 2.85. The number of ether oxygens (including phenoxy) is 1. The standard InChI is InChI=1S/C16H21N3O/c1-13(2)20-15-6-4-3-5-14(15)11-18-9-10-19-8-7-17-16(19)12-18/h3-8,13H,9-12H2,1-2H3. The molecule has 4 heteroatoms. The van der Waals surface area contributed by atoms with Crippen molar-refractivity contribution in [2.45, 2.75) is 39.6 Å². The van der Waals surface area contributed by atoms with Gasteiger partial charge in [-0.15, -0.1) is 0 Å². The van der Waals surface area contributed by atoms with Crippen LogP contribution < -0.4 is 4.74 Å². The predicted molar refractivity (Wildman–Crippen MR) is 78.5 cm³/mol. The Kier molecular flexibility index (Phi) is 3.74. The van der Waals surface area contributed by atoms with Crippen LogP contribution >= 0.6 is 0 Å². The first-order chi connectivity index (χ1) is 9.72. The highest BCUT2D eigenvalue weighted by Crippen LogP contribution is 2.22. The Morgan fingerprint density at radius 2 is 2.10 bits per heavy atom. The summed E-state index contributed by atoms with van der Waals surface area (Å²) >= 11 is 0. The molecule has 1 aromatic heterocycles. The molecule has 0 spiro atoms. The van der Waals surface area contributed by atoms with Gasteiger partial charge in [0, 0.05) is 37.6 Å². The lowest BCUT2D eigenvalue weighted by molar-refractivity contribution is 0.198. The number of benzene rings is 1. The molecule has 106 valence electrons. The maximum absolute atomic E-state index is 5.89. The number of para-hydroxylation sites is 1. The Bertz CT molecular complexity index is 577. The molecular weight excluding hydrogens is 250 g/mol. The number of nitrogens with zero attached hydrogens (tertiary/aromatic N) is 3. The van der Waals surface area contributed by atoms with Gasteiger partial charge in [-0.3, -0.25) is 4.90 Å². The third-order valence-electron chi connectivity index (χ3n) is 3.55. The van der Waals surface area contributed by atoms with E-state index >= 15 is 0 Å². The van der Waals surface area contributed by atoms with Crippen LogP contribution in [0.5, 0.6) is 5.75 Å². The van der Waals surface area contributed by atoms with E-state index in [0.29, 0.717) is 0 Å². The molecule has 0 fully saturated rings. The van der Waals surface area contributed by atoms with Gasteiger partial charge in [0.25, 0.3) is 0 Å². The highest BCUT2D eigenvalue weighted by atomic mass is 16.5. The first-order valence-electron chi connectivity index (χ1n) is 7.19. The zero-order valence-corrected chi connectivity index (χ0v) is 12.1. The molecule has 2 heterocycles. The molecule has 0 radical (unpaired) electrons. The Labute approximate surface area is 120 Å². The zero-order valence-electron chi connectivity index (χ0n) is 12.1. The van der Waals surface area contributed by atoms with Gasteiger partial charge in [-0.2, -0.15) is 0 Å². The second-order valence-electron chi connectivity index (χ2n) is 5.52. The van der Waals surface area contributed by atoms with Crippen LogP contribution in [0.25, 0.3) is 0 Å². The highest BCUT2D eigenvalue weighted by Gasteiger charge is 2.18. The molecule has 1 aliphatic heterocycles. The second-order valence-corrected chi connectivity index (χ2v) is 5.52. The summed E-state index contributed by atoms with van der Waals surface area (Å²) in [7, 11) is 0. The summed E-state index contributed by atoms with van der Waals surface area (Å²) in [5.74, 6) is 2.15. The Morgan fingerprint density at radius 1 is 1.25 bits per heavy atom. The van der Waals surface area contributed by atoms with Gasteiger partial charge < -0.3 is 9.30 Å². The van der Waals surface area contributed by atoms with Crippen LogP contribution in [0.1, 0.15) is 25.2 Å². The smallest absolute Gasteiger partial charge is 0.124 e. The van der Waals surface area contributed by atoms with Crippen molar-refractivity contribution in [2.75, 3.05) is 6.54 Å². The molecule has 0 atom stereocenters. The molecule has 1 aromatic carbocycles. The molecule has 0 saturated carbocycles. The molecule has 0 amide bonds. The van der Waals surface area contributed by atoms with E-state index in [1.165, 1.54) is 5.56 Å². The molecule has 0 N–H and O–H groups in total. The van der Waals surface area contributed by atoms with Crippen molar-refractivity contribution in [3.05, 3.63) is 48.0 Å². The van der Waals surface area contributed by atoms with Gasteiger partial charge in [-0.1, -0.05) is 18.2 Å². The SMILES string of the molecule is CC(C)Oc1ccccc1CN1CCn2ccnc2C1. The average molecular weight is 271 g/mol. The summed E-state index contributed by atoms with van der Waals surface area (Å²) < 4.78 is 8.12. The largest absolute Gasteiger partial charge is 0.491 e. The number of imidazole rings is 1. The van der Waals surface area contributed by atoms with Gasteiger partial charge >= 0.3 is 0 Å². The van der Waals surface area contributed by atoms with Crippen molar-refractivity contribution in [1.82, 2.24) is 14.5 Å². The van der Waals surface area contributed by atoms with Gasteiger partial charge in [0.1, 0.15) is 11.6 Å². The molecular formula is C16H21N3O. The van der Waals surface area contributed by atoms with Crippen LogP contribution in [0.15, 0.2) is 36.7 Å². The van der Waals surface area contributed by atoms with Crippen molar-refractivity contribution in [1.29, 1.82) is 0 Å². The number of fused-ring (bicyclic) bond motifs is 1. The van der Waals surface area contributed by atoms with Crippen molar-refractivity contribution in [3.8, 4) is 5.75 Å². The minimum absolute atomic E-state index is 0.205. The number of rotatable bonds is 4. The van der Waals surface area contributed by atoms with Crippen LogP contribution in [0, 0.1) is 0 Å². The van der Waals surface area contributed by atoms with Crippen molar-refractivity contribution in [2.24, 2.45) is 0 Å². The third-order valence-corrected chi connectivity index (χ3v) is 3.55. The highest BCUT2D eigenvalue weighted by molar-refractivity contribution is 5.33. The lowest BCUT2D eigenvalue weighted by Crippen LogP contribution is -2.33. The molecule has 1 aliphatic rings. The molecule has 0 aliphatic carbocycles. The first-order valence-corrected chi connectivity index (χ1v) is 7.19. The lowest BCUT2D eigenvalue weighted by Gasteiger charge is -2.28. The lowest BCUT2D eigenvalue weighted by atomic mass is 10.1. The fourth-order valence-electron chi connectivity index (χ4n) is 2.60. The van der Waals surface area contributed by atoms with Crippen molar-refractivity contribution in [3.63, 3.8) is 0 Å². The van der Waals surface area contributed by atoms with E-state index in [-0.39, 0.29) is 6.10 Å². The maximum atomic E-state index is 5.89. The van der Waals surface area contributed by atoms with E-state index in [0.717, 1.165) is 37.8 Å². The fourth-order valence-corrected chi connectivity index (χ4v) is 2.60. The predicted octanol–water partition coefficient (Wildman–Crippen LogP) is 2.69. The van der Waals surface area contributed by atoms with E-state index in [2.05, 4.69) is 52.7 Å². The second kappa shape index (κ2) is 5.67. The minimum atomic E-state index is 0.205. The van der Waals surface area contributed by atoms with Crippen LogP contribution in [-0.2, 0) is 19.6 Å². The molecule has 2 aromatic rings. The summed E-state index contributed by atoms with van der Waals surface area (Å²) in [6.07, 6.45) is 4.15. The maximum Gasteiger partial charge on any atom is 0.124 e. The molecule has 20 heavy (non-hydrogen) atoms. The summed E-state index contributed by atoms with van der Waals surface area (Å²) in [5.41, 5.74) is 1.25. The van der Waals surface area contributed by atoms with E-state index < -0.39 is 0 Å². The van der Waals surface area contributed by atoms with Gasteiger partial charge in [0.2, 0.25) is 0 Å². The number of hydrogen-bond acceptors (Lipinski definition) is 3. The van der Waals surface area contributed by atoms with Crippen LogP contribution in [0.3, 0.4) is 0 Å². The number of aromatic nitrogens is 2. The van der Waals surface area contributed by atoms with Crippen molar-refractivity contribution < 1.29 is 4.74 Å². The van der Waals surface area contributed by atoms with Gasteiger partial charge in [-0.25, -0.2) is 4.98 Å². The van der Waals surface area contributed by atoms with Gasteiger partial charge in [-0.05, 0) is 19.9 Å². The minimum Gasteiger partial charge on any atom is -0.491 e. The Morgan fingerprint density at radius 3 is 2.95 bits per heavy atom. The van der Waals surface area contributed by atoms with Gasteiger partial charge in [0.05, 0.1) is 12.6 Å². The van der Waals surface area contributed by atoms with E-state index in [4.69, 9.17) is 4.74 Å². The fraction of sp³-hybridized carbons (Fsp3) is 0.438. The summed E-state index contributed by atoms with van der Waals surface area (Å²) in [6, 6.07) is 8.32. The summed E-state index contributed by atoms with van der Waals surface area (Å²) in [6.45, 7) is 8.02. The van der Waals surface area contributed by atoms with E-state index in [1.807, 2.05) is 12.3 Å². The molecule has 0 saturated heterocycles. The van der Waals surface area contributed by atoms with Crippen LogP contribution in [0.4, 0.5) is 0 Å². The van der Waals surface area contributed by atoms with Crippen LogP contribution in [0.2, 0.25) is 0 Å². The quantitative estimate of drug-likeness (QED) is 0.856. The normalized spacial score (nSPS) is 15.3. The monoisotopic (exact) mass is 271 g/mol. The zero-order chi connectivity index (χ0) is 13.9. The topological polar surface area (TPSA) is 30.3 Å². The van der Waals surface area contributed by atoms with Gasteiger partial charge in [0.15, 0.2) is 0 Å². The molecule has 4 nitrogen and oxygen atoms in total. The number of hydrogen-bond donors (Lipinski definition) is 0. The Balaban J connectivity index is 1.72. The van der Waals surface area contributed by atoms with E-state index in [1.54, 1.807) is 0 Å². The molecule has 0 bridgehead atoms. The van der Waals surface area contributed by atoms with Crippen LogP contribution in [-0.4, -0.2) is 27.1 Å². The molecule has 0 unspecified atom stereocenters. The first kappa shape index (κ1) is 13.2. The Hall–Kier alpha value is -1.81. The van der Waals surface area contributed by atoms with Crippen molar-refractivity contribution >= 4 is 0 Å². The average Bonchev–Trinajstić information content (AvgIpc) is 2.88. The summed E-state index contributed by atoms with van der Waals surface area (Å²) in [4.78, 5) is 6.83. The van der Waals surface area contributed by atoms with E-state index in [9.17, 15) is 0 Å².